The molecule has 57 heavy (non-hydrogen) atoms. The Morgan fingerprint density at radius 2 is 1.12 bits per heavy atom. The van der Waals surface area contributed by atoms with Crippen molar-refractivity contribution in [2.24, 2.45) is 0 Å². The predicted octanol–water partition coefficient (Wildman–Crippen LogP) is 15.5. The molecule has 3 aromatic heterocycles. The van der Waals surface area contributed by atoms with Crippen LogP contribution in [0.15, 0.2) is 176 Å². The highest BCUT2D eigenvalue weighted by Gasteiger charge is 2.28. The fourth-order valence-corrected chi connectivity index (χ4v) is 11.5. The van der Waals surface area contributed by atoms with Crippen molar-refractivity contribution < 1.29 is 0 Å². The van der Waals surface area contributed by atoms with Gasteiger partial charge >= 0.3 is 0 Å². The molecule has 0 fully saturated rings. The van der Waals surface area contributed by atoms with Crippen LogP contribution in [0.2, 0.25) is 0 Å². The summed E-state index contributed by atoms with van der Waals surface area (Å²) < 4.78 is 4.89. The standard InChI is InChI=1S/C52H29N3S2/c1-4-16-36-30(11-1)24-26-43-48(36)40-19-9-13-31-14-10-20-42(47(31)40)55(43)34-27-32-12-2-3-15-35(32)41(29-34)52-53-49(51-50(54-52)39-18-6-8-22-45(39)57-51)33-23-25-38-37-17-5-7-21-44(37)56-46(38)28-33/h1-29H. The quantitative estimate of drug-likeness (QED) is 0.180. The van der Waals surface area contributed by atoms with Crippen molar-refractivity contribution in [1.82, 2.24) is 9.97 Å². The lowest BCUT2D eigenvalue weighted by atomic mass is 9.87. The molecule has 13 rings (SSSR count). The molecule has 9 aromatic carbocycles. The van der Waals surface area contributed by atoms with Crippen LogP contribution in [0.25, 0.3) is 107 Å². The molecule has 0 N–H and O–H groups in total. The van der Waals surface area contributed by atoms with Gasteiger partial charge in [-0.05, 0) is 75.0 Å². The Hall–Kier alpha value is -6.92. The summed E-state index contributed by atoms with van der Waals surface area (Å²) >= 11 is 3.62. The van der Waals surface area contributed by atoms with Crippen LogP contribution in [0.3, 0.4) is 0 Å². The summed E-state index contributed by atoms with van der Waals surface area (Å²) in [5.41, 5.74) is 10.0. The average molecular weight is 760 g/mol. The maximum Gasteiger partial charge on any atom is 0.161 e. The van der Waals surface area contributed by atoms with Crippen LogP contribution in [0.1, 0.15) is 0 Å². The summed E-state index contributed by atoms with van der Waals surface area (Å²) in [6, 6.07) is 64.2. The molecule has 0 saturated carbocycles. The molecular weight excluding hydrogens is 731 g/mol. The lowest BCUT2D eigenvalue weighted by molar-refractivity contribution is 1.24. The first kappa shape index (κ1) is 31.3. The van der Waals surface area contributed by atoms with Crippen LogP contribution in [0.4, 0.5) is 17.1 Å². The molecular formula is C52H29N3S2. The minimum atomic E-state index is 0.727. The van der Waals surface area contributed by atoms with Gasteiger partial charge in [-0.1, -0.05) is 133 Å². The van der Waals surface area contributed by atoms with Gasteiger partial charge < -0.3 is 4.90 Å². The van der Waals surface area contributed by atoms with E-state index < -0.39 is 0 Å². The van der Waals surface area contributed by atoms with Crippen molar-refractivity contribution in [2.75, 3.05) is 4.90 Å². The molecule has 0 aliphatic carbocycles. The summed E-state index contributed by atoms with van der Waals surface area (Å²) in [5.74, 6) is 0.727. The maximum atomic E-state index is 5.58. The summed E-state index contributed by atoms with van der Waals surface area (Å²) in [7, 11) is 0. The molecule has 0 atom stereocenters. The third-order valence-electron chi connectivity index (χ3n) is 11.8. The fraction of sp³-hybridized carbons (Fsp3) is 0. The molecule has 0 unspecified atom stereocenters. The van der Waals surface area contributed by atoms with Gasteiger partial charge in [0.2, 0.25) is 0 Å². The minimum Gasteiger partial charge on any atom is -0.309 e. The summed E-state index contributed by atoms with van der Waals surface area (Å²) in [6.07, 6.45) is 0. The minimum absolute atomic E-state index is 0.727. The van der Waals surface area contributed by atoms with Crippen molar-refractivity contribution in [1.29, 1.82) is 0 Å². The second kappa shape index (κ2) is 11.8. The van der Waals surface area contributed by atoms with Gasteiger partial charge in [0, 0.05) is 58.0 Å². The van der Waals surface area contributed by atoms with E-state index in [0.717, 1.165) is 54.7 Å². The summed E-state index contributed by atoms with van der Waals surface area (Å²) in [6.45, 7) is 0. The number of anilines is 3. The van der Waals surface area contributed by atoms with Gasteiger partial charge in [0.15, 0.2) is 5.82 Å². The predicted molar refractivity (Wildman–Crippen MR) is 245 cm³/mol. The molecule has 0 amide bonds. The van der Waals surface area contributed by atoms with E-state index in [4.69, 9.17) is 9.97 Å². The number of hydrogen-bond donors (Lipinski definition) is 0. The topological polar surface area (TPSA) is 29.0 Å². The second-order valence-corrected chi connectivity index (χ2v) is 17.0. The third kappa shape index (κ3) is 4.52. The molecule has 1 aliphatic rings. The average Bonchev–Trinajstić information content (AvgIpc) is 3.84. The van der Waals surface area contributed by atoms with Crippen LogP contribution in [0, 0.1) is 0 Å². The van der Waals surface area contributed by atoms with Gasteiger partial charge in [0.1, 0.15) is 0 Å². The molecule has 0 radical (unpaired) electrons. The number of thiophene rings is 2. The SMILES string of the molecule is c1ccc2c(-c3nc(-c4ccc5c(c4)sc4ccccc45)c4sc5ccccc5c4n3)cc(N3c4ccc5ccccc5c4-c4cccc5cccc3c45)cc2c1. The Balaban J connectivity index is 1.10. The smallest absolute Gasteiger partial charge is 0.161 e. The van der Waals surface area contributed by atoms with Gasteiger partial charge in [-0.15, -0.1) is 22.7 Å². The first-order valence-electron chi connectivity index (χ1n) is 19.2. The van der Waals surface area contributed by atoms with Gasteiger partial charge in [-0.2, -0.15) is 0 Å². The second-order valence-electron chi connectivity index (χ2n) is 14.9. The van der Waals surface area contributed by atoms with Gasteiger partial charge in [-0.25, -0.2) is 9.97 Å². The van der Waals surface area contributed by atoms with Crippen molar-refractivity contribution >= 4 is 113 Å². The monoisotopic (exact) mass is 759 g/mol. The Morgan fingerprint density at radius 3 is 2.00 bits per heavy atom. The highest BCUT2D eigenvalue weighted by atomic mass is 32.1. The van der Waals surface area contributed by atoms with Crippen molar-refractivity contribution in [2.45, 2.75) is 0 Å². The van der Waals surface area contributed by atoms with E-state index in [-0.39, 0.29) is 0 Å². The van der Waals surface area contributed by atoms with Crippen molar-refractivity contribution in [3.63, 3.8) is 0 Å². The number of hydrogen-bond acceptors (Lipinski definition) is 5. The molecule has 4 heterocycles. The van der Waals surface area contributed by atoms with Crippen LogP contribution < -0.4 is 4.90 Å². The Labute approximate surface area is 335 Å². The van der Waals surface area contributed by atoms with E-state index in [1.807, 2.05) is 11.3 Å². The number of aromatic nitrogens is 2. The van der Waals surface area contributed by atoms with Gasteiger partial charge in [0.05, 0.1) is 27.3 Å². The van der Waals surface area contributed by atoms with Crippen molar-refractivity contribution in [3.05, 3.63) is 176 Å². The first-order chi connectivity index (χ1) is 28.2. The van der Waals surface area contributed by atoms with E-state index >= 15 is 0 Å². The number of nitrogens with zero attached hydrogens (tertiary/aromatic N) is 3. The Kier molecular flexibility index (Phi) is 6.48. The molecule has 1 aliphatic heterocycles. The van der Waals surface area contributed by atoms with Crippen LogP contribution in [-0.2, 0) is 0 Å². The van der Waals surface area contributed by atoms with E-state index in [2.05, 4.69) is 181 Å². The van der Waals surface area contributed by atoms with Gasteiger partial charge in [0.25, 0.3) is 0 Å². The molecule has 5 heteroatoms. The number of benzene rings is 9. The number of rotatable bonds is 3. The van der Waals surface area contributed by atoms with E-state index in [1.165, 1.54) is 68.9 Å². The largest absolute Gasteiger partial charge is 0.309 e. The zero-order chi connectivity index (χ0) is 37.2. The molecule has 0 saturated heterocycles. The van der Waals surface area contributed by atoms with Crippen LogP contribution in [-0.4, -0.2) is 9.97 Å². The molecule has 3 nitrogen and oxygen atoms in total. The normalized spacial score (nSPS) is 12.5. The zero-order valence-electron chi connectivity index (χ0n) is 30.4. The molecule has 12 aromatic rings. The number of fused-ring (bicyclic) bond motifs is 11. The maximum absolute atomic E-state index is 5.58. The fourth-order valence-electron chi connectivity index (χ4n) is 9.24. The lowest BCUT2D eigenvalue weighted by Gasteiger charge is -2.34. The van der Waals surface area contributed by atoms with Crippen LogP contribution in [0.5, 0.6) is 0 Å². The van der Waals surface area contributed by atoms with E-state index in [1.54, 1.807) is 11.3 Å². The van der Waals surface area contributed by atoms with E-state index in [9.17, 15) is 0 Å². The van der Waals surface area contributed by atoms with E-state index in [0.29, 0.717) is 0 Å². The van der Waals surface area contributed by atoms with Gasteiger partial charge in [-0.3, -0.25) is 0 Å². The lowest BCUT2D eigenvalue weighted by Crippen LogP contribution is -2.15. The molecule has 0 spiro atoms. The third-order valence-corrected chi connectivity index (χ3v) is 14.1. The molecule has 264 valence electrons. The van der Waals surface area contributed by atoms with Crippen LogP contribution >= 0.6 is 22.7 Å². The van der Waals surface area contributed by atoms with Crippen molar-refractivity contribution in [3.8, 4) is 33.8 Å². The Bertz CT molecular complexity index is 3670. The first-order valence-corrected chi connectivity index (χ1v) is 20.9. The zero-order valence-corrected chi connectivity index (χ0v) is 32.0. The Morgan fingerprint density at radius 1 is 0.421 bits per heavy atom. The summed E-state index contributed by atoms with van der Waals surface area (Å²) in [4.78, 5) is 13.5. The highest BCUT2D eigenvalue weighted by Crippen LogP contribution is 2.54. The summed E-state index contributed by atoms with van der Waals surface area (Å²) in [5, 5.41) is 11.0. The molecule has 0 bridgehead atoms. The highest BCUT2D eigenvalue weighted by molar-refractivity contribution is 7.26.